The van der Waals surface area contributed by atoms with Crippen LogP contribution in [0.2, 0.25) is 0 Å². The number of ether oxygens (including phenoxy) is 1. The molecule has 1 heterocycles. The minimum Gasteiger partial charge on any atom is -0.459 e. The van der Waals surface area contributed by atoms with Crippen molar-refractivity contribution in [1.82, 2.24) is 10.2 Å². The highest BCUT2D eigenvalue weighted by atomic mass is 32.1. The highest BCUT2D eigenvalue weighted by Gasteiger charge is 2.11. The number of carbonyl (C=O) groups excluding carboxylic acids is 1. The fourth-order valence-corrected chi connectivity index (χ4v) is 1.65. The summed E-state index contributed by atoms with van der Waals surface area (Å²) in [5, 5.41) is 7.72. The molecule has 0 fully saturated rings. The molecule has 5 nitrogen and oxygen atoms in total. The number of carbonyl (C=O) groups is 1. The van der Waals surface area contributed by atoms with Crippen molar-refractivity contribution >= 4 is 22.9 Å². The van der Waals surface area contributed by atoms with Crippen molar-refractivity contribution in [3.8, 4) is 5.19 Å². The minimum absolute atomic E-state index is 0.0411. The third kappa shape index (κ3) is 3.01. The van der Waals surface area contributed by atoms with Gasteiger partial charge in [0.15, 0.2) is 6.61 Å². The summed E-state index contributed by atoms with van der Waals surface area (Å²) in [6, 6.07) is 9.39. The molecule has 1 aromatic heterocycles. The zero-order valence-corrected chi connectivity index (χ0v) is 10.1. The third-order valence-corrected chi connectivity index (χ3v) is 2.78. The van der Waals surface area contributed by atoms with Crippen LogP contribution in [0.1, 0.15) is 0 Å². The summed E-state index contributed by atoms with van der Waals surface area (Å²) in [6.07, 6.45) is 0. The molecule has 0 aliphatic carbocycles. The molecule has 0 unspecified atom stereocenters. The lowest BCUT2D eigenvalue weighted by molar-refractivity contribution is -0.120. The van der Waals surface area contributed by atoms with Crippen LogP contribution in [0.5, 0.6) is 5.19 Å². The Morgan fingerprint density at radius 3 is 2.82 bits per heavy atom. The van der Waals surface area contributed by atoms with E-state index >= 15 is 0 Å². The van der Waals surface area contributed by atoms with Crippen molar-refractivity contribution in [2.75, 3.05) is 18.6 Å². The fraction of sp³-hybridized carbons (Fsp3) is 0.182. The zero-order chi connectivity index (χ0) is 12.1. The molecule has 0 radical (unpaired) electrons. The second kappa shape index (κ2) is 5.40. The molecule has 0 aliphatic heterocycles. The van der Waals surface area contributed by atoms with Crippen LogP contribution in [0, 0.1) is 0 Å². The lowest BCUT2D eigenvalue weighted by Gasteiger charge is -2.16. The molecule has 0 N–H and O–H groups in total. The average Bonchev–Trinajstić information content (AvgIpc) is 2.89. The molecule has 2 rings (SSSR count). The summed E-state index contributed by atoms with van der Waals surface area (Å²) >= 11 is 1.26. The second-order valence-corrected chi connectivity index (χ2v) is 4.08. The predicted octanol–water partition coefficient (Wildman–Crippen LogP) is 1.58. The van der Waals surface area contributed by atoms with Gasteiger partial charge in [-0.05, 0) is 12.1 Å². The Labute approximate surface area is 103 Å². The first-order valence-corrected chi connectivity index (χ1v) is 5.86. The predicted molar refractivity (Wildman–Crippen MR) is 65.3 cm³/mol. The van der Waals surface area contributed by atoms with Gasteiger partial charge in [-0.15, -0.1) is 10.2 Å². The van der Waals surface area contributed by atoms with Crippen LogP contribution in [0.3, 0.4) is 0 Å². The maximum atomic E-state index is 11.8. The number of para-hydroxylation sites is 1. The SMILES string of the molecule is CN(C(=O)COc1nncs1)c1ccccc1. The Kier molecular flexibility index (Phi) is 3.66. The van der Waals surface area contributed by atoms with E-state index in [1.54, 1.807) is 17.5 Å². The van der Waals surface area contributed by atoms with E-state index < -0.39 is 0 Å². The van der Waals surface area contributed by atoms with Gasteiger partial charge in [0.25, 0.3) is 11.1 Å². The largest absolute Gasteiger partial charge is 0.459 e. The van der Waals surface area contributed by atoms with E-state index in [0.717, 1.165) is 5.69 Å². The summed E-state index contributed by atoms with van der Waals surface area (Å²) < 4.78 is 5.20. The Bertz CT molecular complexity index is 473. The standard InChI is InChI=1S/C11H11N3O2S/c1-14(9-5-3-2-4-6-9)10(15)7-16-11-13-12-8-17-11/h2-6,8H,7H2,1H3. The highest BCUT2D eigenvalue weighted by molar-refractivity contribution is 7.11. The van der Waals surface area contributed by atoms with Gasteiger partial charge in [0.2, 0.25) is 0 Å². The fourth-order valence-electron chi connectivity index (χ4n) is 1.24. The molecule has 0 aliphatic rings. The van der Waals surface area contributed by atoms with Crippen molar-refractivity contribution in [3.63, 3.8) is 0 Å². The summed E-state index contributed by atoms with van der Waals surface area (Å²) in [7, 11) is 1.71. The van der Waals surface area contributed by atoms with Crippen molar-refractivity contribution in [1.29, 1.82) is 0 Å². The van der Waals surface area contributed by atoms with Crippen LogP contribution >= 0.6 is 11.3 Å². The number of benzene rings is 1. The topological polar surface area (TPSA) is 55.3 Å². The number of aromatic nitrogens is 2. The van der Waals surface area contributed by atoms with Crippen LogP contribution < -0.4 is 9.64 Å². The first-order valence-electron chi connectivity index (χ1n) is 4.98. The van der Waals surface area contributed by atoms with Gasteiger partial charge in [-0.1, -0.05) is 29.5 Å². The van der Waals surface area contributed by atoms with Gasteiger partial charge >= 0.3 is 0 Å². The number of hydrogen-bond donors (Lipinski definition) is 0. The summed E-state index contributed by atoms with van der Waals surface area (Å²) in [6.45, 7) is -0.0411. The smallest absolute Gasteiger partial charge is 0.294 e. The van der Waals surface area contributed by atoms with Gasteiger partial charge in [-0.25, -0.2) is 0 Å². The lowest BCUT2D eigenvalue weighted by Crippen LogP contribution is -2.31. The van der Waals surface area contributed by atoms with E-state index in [9.17, 15) is 4.79 Å². The molecular formula is C11H11N3O2S. The van der Waals surface area contributed by atoms with Crippen LogP contribution in [-0.2, 0) is 4.79 Å². The summed E-state index contributed by atoms with van der Waals surface area (Å²) in [5.74, 6) is -0.133. The van der Waals surface area contributed by atoms with E-state index in [2.05, 4.69) is 10.2 Å². The molecule has 0 spiro atoms. The highest BCUT2D eigenvalue weighted by Crippen LogP contribution is 2.13. The maximum Gasteiger partial charge on any atom is 0.294 e. The van der Waals surface area contributed by atoms with Crippen LogP contribution in [0.15, 0.2) is 35.8 Å². The molecule has 6 heteroatoms. The quantitative estimate of drug-likeness (QED) is 0.825. The summed E-state index contributed by atoms with van der Waals surface area (Å²) in [4.78, 5) is 13.3. The number of anilines is 1. The Morgan fingerprint density at radius 1 is 1.41 bits per heavy atom. The van der Waals surface area contributed by atoms with Crippen molar-refractivity contribution in [3.05, 3.63) is 35.8 Å². The van der Waals surface area contributed by atoms with E-state index in [1.165, 1.54) is 11.3 Å². The van der Waals surface area contributed by atoms with Gasteiger partial charge in [-0.2, -0.15) is 0 Å². The monoisotopic (exact) mass is 249 g/mol. The second-order valence-electron chi connectivity index (χ2n) is 3.28. The molecule has 0 saturated heterocycles. The molecule has 88 valence electrons. The van der Waals surface area contributed by atoms with E-state index in [-0.39, 0.29) is 12.5 Å². The number of nitrogens with zero attached hydrogens (tertiary/aromatic N) is 3. The Hall–Kier alpha value is -1.95. The summed E-state index contributed by atoms with van der Waals surface area (Å²) in [5.41, 5.74) is 2.39. The van der Waals surface area contributed by atoms with Gasteiger partial charge in [0, 0.05) is 12.7 Å². The molecular weight excluding hydrogens is 238 g/mol. The zero-order valence-electron chi connectivity index (χ0n) is 9.24. The van der Waals surface area contributed by atoms with E-state index in [0.29, 0.717) is 5.19 Å². The van der Waals surface area contributed by atoms with E-state index in [4.69, 9.17) is 4.74 Å². The van der Waals surface area contributed by atoms with Crippen molar-refractivity contribution < 1.29 is 9.53 Å². The minimum atomic E-state index is -0.133. The first-order chi connectivity index (χ1) is 8.27. The maximum absolute atomic E-state index is 11.8. The number of amides is 1. The molecule has 2 aromatic rings. The van der Waals surface area contributed by atoms with Gasteiger partial charge in [0.05, 0.1) is 0 Å². The Morgan fingerprint density at radius 2 is 2.18 bits per heavy atom. The molecule has 0 saturated carbocycles. The lowest BCUT2D eigenvalue weighted by atomic mass is 10.3. The van der Waals surface area contributed by atoms with Gasteiger partial charge < -0.3 is 9.64 Å². The van der Waals surface area contributed by atoms with Crippen LogP contribution in [0.25, 0.3) is 0 Å². The van der Waals surface area contributed by atoms with E-state index in [1.807, 2.05) is 30.3 Å². The average molecular weight is 249 g/mol. The third-order valence-electron chi connectivity index (χ3n) is 2.18. The molecule has 17 heavy (non-hydrogen) atoms. The molecule has 1 aromatic carbocycles. The van der Waals surface area contributed by atoms with Crippen LogP contribution in [0.4, 0.5) is 5.69 Å². The molecule has 1 amide bonds. The van der Waals surface area contributed by atoms with Crippen LogP contribution in [-0.4, -0.2) is 29.8 Å². The van der Waals surface area contributed by atoms with Gasteiger partial charge in [0.1, 0.15) is 5.51 Å². The normalized spacial score (nSPS) is 9.94. The molecule has 0 bridgehead atoms. The molecule has 0 atom stereocenters. The van der Waals surface area contributed by atoms with Gasteiger partial charge in [-0.3, -0.25) is 4.79 Å². The number of hydrogen-bond acceptors (Lipinski definition) is 5. The first kappa shape index (κ1) is 11.5. The van der Waals surface area contributed by atoms with Crippen molar-refractivity contribution in [2.24, 2.45) is 0 Å². The Balaban J connectivity index is 1.92. The number of rotatable bonds is 4. The number of likely N-dealkylation sites (N-methyl/N-ethyl adjacent to an activating group) is 1. The van der Waals surface area contributed by atoms with Crippen molar-refractivity contribution in [2.45, 2.75) is 0 Å².